The molecule has 4 N–H and O–H groups in total. The molecule has 1 aliphatic heterocycles. The molecule has 1 aromatic rings. The standard InChI is InChI=1S/C12H15ClN4O3S/c13-10-4-3-8(7-9(10)11(18)16-12(14)15)21(19,20)17-5-1-2-6-17/h3-4,7H,1-2,5-6H2,(H4,14,15,16,18). The molecule has 1 saturated heterocycles. The van der Waals surface area contributed by atoms with Gasteiger partial charge in [0.25, 0.3) is 5.91 Å². The molecule has 0 atom stereocenters. The van der Waals surface area contributed by atoms with Gasteiger partial charge in [0.1, 0.15) is 0 Å². The van der Waals surface area contributed by atoms with E-state index in [2.05, 4.69) is 5.32 Å². The third-order valence-electron chi connectivity index (χ3n) is 3.13. The van der Waals surface area contributed by atoms with Crippen molar-refractivity contribution in [3.8, 4) is 0 Å². The number of sulfonamides is 1. The lowest BCUT2D eigenvalue weighted by molar-refractivity contribution is 0.0976. The Morgan fingerprint density at radius 3 is 2.52 bits per heavy atom. The Labute approximate surface area is 127 Å². The number of rotatable bonds is 3. The number of nitrogens with zero attached hydrogens (tertiary/aromatic N) is 1. The van der Waals surface area contributed by atoms with Crippen LogP contribution < -0.4 is 11.1 Å². The molecule has 1 aliphatic rings. The third-order valence-corrected chi connectivity index (χ3v) is 5.36. The van der Waals surface area contributed by atoms with Crippen LogP contribution in [0.2, 0.25) is 5.02 Å². The number of guanidine groups is 1. The van der Waals surface area contributed by atoms with Gasteiger partial charge in [0.05, 0.1) is 15.5 Å². The van der Waals surface area contributed by atoms with Gasteiger partial charge >= 0.3 is 0 Å². The van der Waals surface area contributed by atoms with E-state index in [4.69, 9.17) is 22.7 Å². The van der Waals surface area contributed by atoms with E-state index in [1.165, 1.54) is 22.5 Å². The van der Waals surface area contributed by atoms with Crippen LogP contribution in [0.4, 0.5) is 0 Å². The van der Waals surface area contributed by atoms with Crippen molar-refractivity contribution in [2.45, 2.75) is 17.7 Å². The zero-order valence-electron chi connectivity index (χ0n) is 11.1. The number of nitrogens with one attached hydrogen (secondary N) is 2. The molecule has 7 nitrogen and oxygen atoms in total. The van der Waals surface area contributed by atoms with Crippen molar-refractivity contribution in [3.05, 3.63) is 28.8 Å². The number of carbonyl (C=O) groups excluding carboxylic acids is 1. The Kier molecular flexibility index (Phi) is 4.50. The summed E-state index contributed by atoms with van der Waals surface area (Å²) >= 11 is 5.90. The maximum Gasteiger partial charge on any atom is 0.259 e. The molecule has 0 aliphatic carbocycles. The van der Waals surface area contributed by atoms with Gasteiger partial charge in [0.15, 0.2) is 5.96 Å². The van der Waals surface area contributed by atoms with E-state index in [0.717, 1.165) is 12.8 Å². The Balaban J connectivity index is 2.38. The maximum atomic E-state index is 12.4. The first kappa shape index (κ1) is 15.7. The highest BCUT2D eigenvalue weighted by atomic mass is 35.5. The normalized spacial score (nSPS) is 15.9. The van der Waals surface area contributed by atoms with Crippen molar-refractivity contribution in [1.29, 1.82) is 5.41 Å². The number of halogens is 1. The smallest absolute Gasteiger partial charge is 0.259 e. The first-order chi connectivity index (χ1) is 9.82. The molecule has 0 bridgehead atoms. The van der Waals surface area contributed by atoms with Crippen molar-refractivity contribution >= 4 is 33.5 Å². The van der Waals surface area contributed by atoms with Crippen LogP contribution in [0, 0.1) is 5.41 Å². The summed E-state index contributed by atoms with van der Waals surface area (Å²) in [5.74, 6) is -1.25. The van der Waals surface area contributed by atoms with Crippen LogP contribution in [-0.2, 0) is 10.0 Å². The minimum absolute atomic E-state index is 0.00232. The Bertz CT molecular complexity index is 684. The molecule has 21 heavy (non-hydrogen) atoms. The molecule has 0 spiro atoms. The van der Waals surface area contributed by atoms with Crippen molar-refractivity contribution < 1.29 is 13.2 Å². The largest absolute Gasteiger partial charge is 0.370 e. The summed E-state index contributed by atoms with van der Waals surface area (Å²) in [6.07, 6.45) is 1.65. The number of amides is 1. The molecule has 1 amide bonds. The van der Waals surface area contributed by atoms with Gasteiger partial charge < -0.3 is 5.73 Å². The van der Waals surface area contributed by atoms with Gasteiger partial charge in [0.2, 0.25) is 10.0 Å². The van der Waals surface area contributed by atoms with Crippen LogP contribution in [0.1, 0.15) is 23.2 Å². The number of benzene rings is 1. The molecule has 0 saturated carbocycles. The van der Waals surface area contributed by atoms with E-state index >= 15 is 0 Å². The van der Waals surface area contributed by atoms with Crippen LogP contribution in [0.5, 0.6) is 0 Å². The van der Waals surface area contributed by atoms with Gasteiger partial charge in [-0.25, -0.2) is 8.42 Å². The van der Waals surface area contributed by atoms with Crippen LogP contribution in [-0.4, -0.2) is 37.7 Å². The summed E-state index contributed by atoms with van der Waals surface area (Å²) in [6.45, 7) is 0.944. The summed E-state index contributed by atoms with van der Waals surface area (Å²) in [5.41, 5.74) is 5.05. The first-order valence-corrected chi connectivity index (χ1v) is 8.09. The molecule has 0 unspecified atom stereocenters. The van der Waals surface area contributed by atoms with Crippen molar-refractivity contribution in [2.75, 3.05) is 13.1 Å². The van der Waals surface area contributed by atoms with E-state index in [0.29, 0.717) is 13.1 Å². The number of hydrogen-bond acceptors (Lipinski definition) is 4. The Hall–Kier alpha value is -1.64. The summed E-state index contributed by atoms with van der Waals surface area (Å²) < 4.78 is 26.2. The van der Waals surface area contributed by atoms with Gasteiger partial charge in [-0.05, 0) is 31.0 Å². The molecule has 0 radical (unpaired) electrons. The lowest BCUT2D eigenvalue weighted by atomic mass is 10.2. The highest BCUT2D eigenvalue weighted by molar-refractivity contribution is 7.89. The number of nitrogens with two attached hydrogens (primary N) is 1. The zero-order chi connectivity index (χ0) is 15.6. The molecule has 1 heterocycles. The van der Waals surface area contributed by atoms with E-state index in [1.807, 2.05) is 0 Å². The summed E-state index contributed by atoms with van der Waals surface area (Å²) in [5, 5.41) is 9.20. The van der Waals surface area contributed by atoms with E-state index in [9.17, 15) is 13.2 Å². The van der Waals surface area contributed by atoms with Crippen LogP contribution in [0.15, 0.2) is 23.1 Å². The van der Waals surface area contributed by atoms with Crippen LogP contribution in [0.25, 0.3) is 0 Å². The van der Waals surface area contributed by atoms with Crippen LogP contribution >= 0.6 is 11.6 Å². The Morgan fingerprint density at radius 1 is 1.33 bits per heavy atom. The van der Waals surface area contributed by atoms with Crippen molar-refractivity contribution in [2.24, 2.45) is 5.73 Å². The quantitative estimate of drug-likeness (QED) is 0.560. The van der Waals surface area contributed by atoms with Crippen LogP contribution in [0.3, 0.4) is 0 Å². The van der Waals surface area contributed by atoms with E-state index in [-0.39, 0.29) is 15.5 Å². The molecule has 1 fully saturated rings. The summed E-state index contributed by atoms with van der Waals surface area (Å²) in [6, 6.07) is 3.91. The topological polar surface area (TPSA) is 116 Å². The number of carbonyl (C=O) groups is 1. The fraction of sp³-hybridized carbons (Fsp3) is 0.333. The molecule has 1 aromatic carbocycles. The SMILES string of the molecule is N=C(N)NC(=O)c1cc(S(=O)(=O)N2CCCC2)ccc1Cl. The summed E-state index contributed by atoms with van der Waals surface area (Å²) in [7, 11) is -3.63. The summed E-state index contributed by atoms with van der Waals surface area (Å²) in [4.78, 5) is 11.9. The van der Waals surface area contributed by atoms with E-state index in [1.54, 1.807) is 0 Å². The van der Waals surface area contributed by atoms with Crippen molar-refractivity contribution in [1.82, 2.24) is 9.62 Å². The second-order valence-corrected chi connectivity index (χ2v) is 6.97. The average molecular weight is 331 g/mol. The maximum absolute atomic E-state index is 12.4. The van der Waals surface area contributed by atoms with Gasteiger partial charge in [-0.3, -0.25) is 15.5 Å². The second kappa shape index (κ2) is 6.00. The molecule has 114 valence electrons. The first-order valence-electron chi connectivity index (χ1n) is 6.27. The zero-order valence-corrected chi connectivity index (χ0v) is 12.7. The molecule has 9 heteroatoms. The monoisotopic (exact) mass is 330 g/mol. The van der Waals surface area contributed by atoms with Gasteiger partial charge in [-0.2, -0.15) is 4.31 Å². The van der Waals surface area contributed by atoms with Gasteiger partial charge in [-0.15, -0.1) is 0 Å². The lowest BCUT2D eigenvalue weighted by Crippen LogP contribution is -2.36. The average Bonchev–Trinajstić information content (AvgIpc) is 2.92. The van der Waals surface area contributed by atoms with Crippen molar-refractivity contribution in [3.63, 3.8) is 0 Å². The predicted molar refractivity (Wildman–Crippen MR) is 78.8 cm³/mol. The molecule has 2 rings (SSSR count). The minimum Gasteiger partial charge on any atom is -0.370 e. The molecular formula is C12H15ClN4O3S. The van der Waals surface area contributed by atoms with Gasteiger partial charge in [-0.1, -0.05) is 11.6 Å². The molecule has 0 aromatic heterocycles. The molecular weight excluding hydrogens is 316 g/mol. The fourth-order valence-electron chi connectivity index (χ4n) is 2.11. The predicted octanol–water partition coefficient (Wildman–Crippen LogP) is 0.748. The minimum atomic E-state index is -3.63. The number of hydrogen-bond donors (Lipinski definition) is 3. The second-order valence-electron chi connectivity index (χ2n) is 4.62. The highest BCUT2D eigenvalue weighted by Crippen LogP contribution is 2.25. The van der Waals surface area contributed by atoms with E-state index < -0.39 is 21.9 Å². The fourth-order valence-corrected chi connectivity index (χ4v) is 3.85. The lowest BCUT2D eigenvalue weighted by Gasteiger charge is -2.16. The highest BCUT2D eigenvalue weighted by Gasteiger charge is 2.28. The van der Waals surface area contributed by atoms with Gasteiger partial charge in [0, 0.05) is 13.1 Å². The third kappa shape index (κ3) is 3.34. The Morgan fingerprint density at radius 2 is 1.95 bits per heavy atom.